The molecular weight excluding hydrogens is 180 g/mol. The van der Waals surface area contributed by atoms with Crippen molar-refractivity contribution in [2.24, 2.45) is 0 Å². The van der Waals surface area contributed by atoms with Gasteiger partial charge in [0.1, 0.15) is 5.54 Å². The normalized spacial score (nSPS) is 26.5. The fourth-order valence-electron chi connectivity index (χ4n) is 1.69. The largest absolute Gasteiger partial charge is 0.453 e. The average molecular weight is 189 g/mol. The van der Waals surface area contributed by atoms with Crippen molar-refractivity contribution in [1.82, 2.24) is 4.90 Å². The van der Waals surface area contributed by atoms with Crippen LogP contribution < -0.4 is 0 Å². The quantitative estimate of drug-likeness (QED) is 0.539. The Bertz CT molecular complexity index is 282. The van der Waals surface area contributed by atoms with Crippen LogP contribution in [-0.2, 0) is 4.74 Å². The second-order valence-corrected chi connectivity index (χ2v) is 3.23. The van der Waals surface area contributed by atoms with Crippen molar-refractivity contribution in [1.29, 1.82) is 0 Å². The number of alkyl halides is 2. The molecule has 0 unspecified atom stereocenters. The molecular formula is C8H9F2NO2. The Morgan fingerprint density at radius 2 is 2.15 bits per heavy atom. The Hall–Kier alpha value is -1.13. The van der Waals surface area contributed by atoms with Gasteiger partial charge < -0.3 is 4.74 Å². The Morgan fingerprint density at radius 1 is 1.54 bits per heavy atom. The lowest BCUT2D eigenvalue weighted by molar-refractivity contribution is -0.0324. The number of amides is 1. The fraction of sp³-hybridized carbons (Fsp3) is 0.625. The van der Waals surface area contributed by atoms with Gasteiger partial charge in [-0.15, -0.1) is 0 Å². The van der Waals surface area contributed by atoms with Crippen molar-refractivity contribution in [2.45, 2.75) is 17.9 Å². The van der Waals surface area contributed by atoms with Crippen LogP contribution in [0, 0.1) is 0 Å². The molecule has 1 aliphatic heterocycles. The number of carbonyl (C=O) groups excluding carboxylic acids is 1. The standard InChI is InChI=1S/C8H9F2NO2/c1-13-6(12)11-5-4-8(9,10)7(11)2-3-7/h2-3H,4-5H2,1H3. The summed E-state index contributed by atoms with van der Waals surface area (Å²) >= 11 is 0. The number of carbonyl (C=O) groups is 1. The summed E-state index contributed by atoms with van der Waals surface area (Å²) in [6.07, 6.45) is 1.70. The van der Waals surface area contributed by atoms with Gasteiger partial charge >= 0.3 is 6.09 Å². The molecule has 0 atom stereocenters. The van der Waals surface area contributed by atoms with Crippen molar-refractivity contribution < 1.29 is 18.3 Å². The third-order valence-corrected chi connectivity index (χ3v) is 2.56. The van der Waals surface area contributed by atoms with Crippen LogP contribution >= 0.6 is 0 Å². The minimum absolute atomic E-state index is 0.0483. The molecule has 3 nitrogen and oxygen atoms in total. The number of halogens is 2. The third kappa shape index (κ3) is 0.897. The van der Waals surface area contributed by atoms with Gasteiger partial charge in [-0.3, -0.25) is 4.90 Å². The van der Waals surface area contributed by atoms with E-state index in [1.807, 2.05) is 0 Å². The Morgan fingerprint density at radius 3 is 2.62 bits per heavy atom. The SMILES string of the molecule is COC(=O)N1CCC(F)(F)C12C=C2. The maximum Gasteiger partial charge on any atom is 0.410 e. The second-order valence-electron chi connectivity index (χ2n) is 3.23. The van der Waals surface area contributed by atoms with Gasteiger partial charge in [0.15, 0.2) is 0 Å². The number of hydrogen-bond acceptors (Lipinski definition) is 2. The van der Waals surface area contributed by atoms with Crippen molar-refractivity contribution in [2.75, 3.05) is 13.7 Å². The van der Waals surface area contributed by atoms with Crippen LogP contribution in [-0.4, -0.2) is 36.1 Å². The summed E-state index contributed by atoms with van der Waals surface area (Å²) in [6, 6.07) is 0. The summed E-state index contributed by atoms with van der Waals surface area (Å²) in [7, 11) is 1.19. The van der Waals surface area contributed by atoms with Gasteiger partial charge in [0.05, 0.1) is 7.11 Å². The molecule has 0 radical (unpaired) electrons. The van der Waals surface area contributed by atoms with E-state index in [0.29, 0.717) is 0 Å². The first-order valence-corrected chi connectivity index (χ1v) is 3.97. The zero-order valence-corrected chi connectivity index (χ0v) is 7.09. The highest BCUT2D eigenvalue weighted by Gasteiger charge is 2.66. The molecule has 0 aromatic rings. The molecule has 0 bridgehead atoms. The Balaban J connectivity index is 2.22. The zero-order valence-electron chi connectivity index (χ0n) is 7.09. The molecule has 13 heavy (non-hydrogen) atoms. The highest BCUT2D eigenvalue weighted by atomic mass is 19.3. The molecule has 0 saturated carbocycles. The van der Waals surface area contributed by atoms with Gasteiger partial charge in [-0.1, -0.05) is 12.2 Å². The number of likely N-dealkylation sites (tertiary alicyclic amines) is 1. The lowest BCUT2D eigenvalue weighted by atomic mass is 10.1. The molecule has 1 fully saturated rings. The van der Waals surface area contributed by atoms with E-state index in [1.54, 1.807) is 0 Å². The lowest BCUT2D eigenvalue weighted by Gasteiger charge is -2.26. The maximum atomic E-state index is 13.2. The van der Waals surface area contributed by atoms with Crippen LogP contribution in [0.15, 0.2) is 12.2 Å². The molecule has 2 rings (SSSR count). The summed E-state index contributed by atoms with van der Waals surface area (Å²) in [5.41, 5.74) is -1.44. The van der Waals surface area contributed by atoms with Gasteiger partial charge in [0.2, 0.25) is 0 Å². The van der Waals surface area contributed by atoms with Gasteiger partial charge in [-0.2, -0.15) is 0 Å². The molecule has 1 aliphatic carbocycles. The van der Waals surface area contributed by atoms with E-state index >= 15 is 0 Å². The molecule has 1 amide bonds. The van der Waals surface area contributed by atoms with E-state index < -0.39 is 17.6 Å². The summed E-state index contributed by atoms with van der Waals surface area (Å²) in [5, 5.41) is 0. The smallest absolute Gasteiger partial charge is 0.410 e. The monoisotopic (exact) mass is 189 g/mol. The molecule has 2 aliphatic rings. The summed E-state index contributed by atoms with van der Waals surface area (Å²) in [6.45, 7) is 0.0483. The van der Waals surface area contributed by atoms with Gasteiger partial charge in [-0.25, -0.2) is 13.6 Å². The van der Waals surface area contributed by atoms with Crippen molar-refractivity contribution in [3.8, 4) is 0 Å². The van der Waals surface area contributed by atoms with Gasteiger partial charge in [0.25, 0.3) is 5.92 Å². The molecule has 1 heterocycles. The van der Waals surface area contributed by atoms with Crippen LogP contribution in [0.3, 0.4) is 0 Å². The van der Waals surface area contributed by atoms with E-state index in [9.17, 15) is 13.6 Å². The van der Waals surface area contributed by atoms with Crippen LogP contribution in [0.1, 0.15) is 6.42 Å². The van der Waals surface area contributed by atoms with Gasteiger partial charge in [-0.05, 0) is 0 Å². The molecule has 1 spiro atoms. The average Bonchev–Trinajstić information content (AvgIpc) is 2.80. The summed E-state index contributed by atoms with van der Waals surface area (Å²) < 4.78 is 30.9. The third-order valence-electron chi connectivity index (χ3n) is 2.56. The number of rotatable bonds is 0. The zero-order chi connectivity index (χ0) is 9.69. The van der Waals surface area contributed by atoms with Crippen LogP contribution in [0.2, 0.25) is 0 Å². The molecule has 5 heteroatoms. The Labute approximate surface area is 74.0 Å². The summed E-state index contributed by atoms with van der Waals surface area (Å²) in [4.78, 5) is 12.2. The van der Waals surface area contributed by atoms with E-state index in [4.69, 9.17) is 0 Å². The molecule has 1 saturated heterocycles. The van der Waals surface area contributed by atoms with E-state index in [0.717, 1.165) is 4.90 Å². The van der Waals surface area contributed by atoms with Crippen molar-refractivity contribution >= 4 is 6.09 Å². The van der Waals surface area contributed by atoms with Crippen LogP contribution in [0.25, 0.3) is 0 Å². The topological polar surface area (TPSA) is 29.5 Å². The lowest BCUT2D eigenvalue weighted by Crippen LogP contribution is -2.46. The highest BCUT2D eigenvalue weighted by molar-refractivity contribution is 5.72. The van der Waals surface area contributed by atoms with Crippen LogP contribution in [0.5, 0.6) is 0 Å². The number of hydrogen-bond donors (Lipinski definition) is 0. The van der Waals surface area contributed by atoms with Crippen molar-refractivity contribution in [3.05, 3.63) is 12.2 Å². The second kappa shape index (κ2) is 2.21. The first-order valence-electron chi connectivity index (χ1n) is 3.97. The maximum absolute atomic E-state index is 13.2. The molecule has 0 aromatic carbocycles. The van der Waals surface area contributed by atoms with E-state index in [-0.39, 0.29) is 13.0 Å². The number of methoxy groups -OCH3 is 1. The fourth-order valence-corrected chi connectivity index (χ4v) is 1.69. The highest BCUT2D eigenvalue weighted by Crippen LogP contribution is 2.51. The van der Waals surface area contributed by atoms with Crippen LogP contribution in [0.4, 0.5) is 13.6 Å². The Kier molecular flexibility index (Phi) is 1.44. The number of nitrogens with zero attached hydrogens (tertiary/aromatic N) is 1. The number of ether oxygens (including phenoxy) is 1. The molecule has 0 N–H and O–H groups in total. The minimum Gasteiger partial charge on any atom is -0.453 e. The minimum atomic E-state index is -2.83. The predicted molar refractivity (Wildman–Crippen MR) is 40.5 cm³/mol. The van der Waals surface area contributed by atoms with E-state index in [1.165, 1.54) is 19.3 Å². The molecule has 0 aromatic heterocycles. The first kappa shape index (κ1) is 8.47. The molecule has 72 valence electrons. The van der Waals surface area contributed by atoms with Gasteiger partial charge in [0, 0.05) is 13.0 Å². The first-order chi connectivity index (χ1) is 6.03. The van der Waals surface area contributed by atoms with Crippen molar-refractivity contribution in [3.63, 3.8) is 0 Å². The summed E-state index contributed by atoms with van der Waals surface area (Å²) in [5.74, 6) is -2.83. The van der Waals surface area contributed by atoms with E-state index in [2.05, 4.69) is 4.74 Å². The predicted octanol–water partition coefficient (Wildman–Crippen LogP) is 1.40.